The van der Waals surface area contributed by atoms with E-state index >= 15 is 0 Å². The molecule has 2 aromatic rings. The van der Waals surface area contributed by atoms with Gasteiger partial charge in [-0.2, -0.15) is 0 Å². The highest BCUT2D eigenvalue weighted by Crippen LogP contribution is 2.25. The average molecular weight is 331 g/mol. The van der Waals surface area contributed by atoms with Gasteiger partial charge in [0.1, 0.15) is 11.5 Å². The summed E-state index contributed by atoms with van der Waals surface area (Å²) in [6.07, 6.45) is 6.41. The van der Waals surface area contributed by atoms with Crippen molar-refractivity contribution in [1.82, 2.24) is 14.9 Å². The third-order valence-electron chi connectivity index (χ3n) is 4.63. The Bertz CT molecular complexity index is 740. The van der Waals surface area contributed by atoms with E-state index in [4.69, 9.17) is 4.42 Å². The molecule has 1 aliphatic carbocycles. The van der Waals surface area contributed by atoms with Crippen molar-refractivity contribution in [2.24, 2.45) is 5.92 Å². The van der Waals surface area contributed by atoms with Gasteiger partial charge in [-0.3, -0.25) is 14.7 Å². The molecule has 0 aromatic carbocycles. The van der Waals surface area contributed by atoms with Gasteiger partial charge in [0.2, 0.25) is 0 Å². The molecule has 6 nitrogen and oxygen atoms in total. The van der Waals surface area contributed by atoms with E-state index in [0.717, 1.165) is 18.1 Å². The first-order valence-electron chi connectivity index (χ1n) is 8.69. The van der Waals surface area contributed by atoms with Crippen LogP contribution in [0.4, 0.5) is 0 Å². The SMILES string of the molecule is Cc1ccc(CN(Cc2cc(=O)[nH]c(=O)[nH]2)CC2CCCCC2)o1. The lowest BCUT2D eigenvalue weighted by molar-refractivity contribution is 0.173. The van der Waals surface area contributed by atoms with Crippen molar-refractivity contribution in [3.63, 3.8) is 0 Å². The Labute approximate surface area is 140 Å². The molecule has 1 aliphatic rings. The Hall–Kier alpha value is -2.08. The zero-order chi connectivity index (χ0) is 16.9. The molecule has 0 radical (unpaired) electrons. The molecule has 0 saturated heterocycles. The number of hydrogen-bond donors (Lipinski definition) is 2. The number of aromatic nitrogens is 2. The predicted octanol–water partition coefficient (Wildman–Crippen LogP) is 2.55. The normalized spacial score (nSPS) is 15.9. The predicted molar refractivity (Wildman–Crippen MR) is 91.8 cm³/mol. The van der Waals surface area contributed by atoms with E-state index in [1.165, 1.54) is 38.2 Å². The topological polar surface area (TPSA) is 82.1 Å². The molecule has 0 bridgehead atoms. The summed E-state index contributed by atoms with van der Waals surface area (Å²) in [5, 5.41) is 0. The minimum Gasteiger partial charge on any atom is -0.465 e. The van der Waals surface area contributed by atoms with E-state index < -0.39 is 5.69 Å². The van der Waals surface area contributed by atoms with Crippen molar-refractivity contribution in [2.45, 2.75) is 52.1 Å². The van der Waals surface area contributed by atoms with Crippen LogP contribution in [0.1, 0.15) is 49.3 Å². The smallest absolute Gasteiger partial charge is 0.325 e. The molecule has 2 N–H and O–H groups in total. The number of aromatic amines is 2. The summed E-state index contributed by atoms with van der Waals surface area (Å²) in [4.78, 5) is 30.2. The second-order valence-corrected chi connectivity index (χ2v) is 6.80. The maximum Gasteiger partial charge on any atom is 0.325 e. The molecule has 1 fully saturated rings. The Morgan fingerprint density at radius 3 is 2.58 bits per heavy atom. The number of aryl methyl sites for hydroxylation is 1. The summed E-state index contributed by atoms with van der Waals surface area (Å²) < 4.78 is 5.71. The third kappa shape index (κ3) is 4.71. The van der Waals surface area contributed by atoms with Gasteiger partial charge in [-0.25, -0.2) is 4.79 Å². The lowest BCUT2D eigenvalue weighted by atomic mass is 9.89. The van der Waals surface area contributed by atoms with Crippen molar-refractivity contribution in [2.75, 3.05) is 6.54 Å². The van der Waals surface area contributed by atoms with Crippen LogP contribution >= 0.6 is 0 Å². The fraction of sp³-hybridized carbons (Fsp3) is 0.556. The van der Waals surface area contributed by atoms with Crippen LogP contribution in [0.25, 0.3) is 0 Å². The highest BCUT2D eigenvalue weighted by molar-refractivity contribution is 5.06. The fourth-order valence-corrected chi connectivity index (χ4v) is 3.56. The van der Waals surface area contributed by atoms with Crippen LogP contribution in [0.15, 0.2) is 32.2 Å². The minimum absolute atomic E-state index is 0.361. The largest absolute Gasteiger partial charge is 0.465 e. The summed E-state index contributed by atoms with van der Waals surface area (Å²) in [6.45, 7) is 4.10. The van der Waals surface area contributed by atoms with Gasteiger partial charge >= 0.3 is 5.69 Å². The van der Waals surface area contributed by atoms with Gasteiger partial charge in [-0.15, -0.1) is 0 Å². The van der Waals surface area contributed by atoms with Gasteiger partial charge < -0.3 is 9.40 Å². The molecular weight excluding hydrogens is 306 g/mol. The van der Waals surface area contributed by atoms with Gasteiger partial charge in [0.15, 0.2) is 0 Å². The summed E-state index contributed by atoms with van der Waals surface area (Å²) in [6, 6.07) is 5.41. The van der Waals surface area contributed by atoms with Gasteiger partial charge in [0.25, 0.3) is 5.56 Å². The molecular formula is C18H25N3O3. The zero-order valence-electron chi connectivity index (χ0n) is 14.1. The standard InChI is InChI=1S/C18H25N3O3/c1-13-7-8-16(24-13)12-21(10-14-5-3-2-4-6-14)11-15-9-17(22)20-18(23)19-15/h7-9,14H,2-6,10-12H2,1H3,(H2,19,20,22,23). The number of nitrogens with one attached hydrogen (secondary N) is 2. The molecule has 2 aromatic heterocycles. The fourth-order valence-electron chi connectivity index (χ4n) is 3.56. The molecule has 2 heterocycles. The molecule has 0 spiro atoms. The quantitative estimate of drug-likeness (QED) is 0.852. The van der Waals surface area contributed by atoms with Crippen LogP contribution in [0.5, 0.6) is 0 Å². The Morgan fingerprint density at radius 2 is 1.92 bits per heavy atom. The number of H-pyrrole nitrogens is 2. The van der Waals surface area contributed by atoms with Crippen LogP contribution in [0, 0.1) is 12.8 Å². The van der Waals surface area contributed by atoms with Crippen molar-refractivity contribution < 1.29 is 4.42 Å². The monoisotopic (exact) mass is 331 g/mol. The van der Waals surface area contributed by atoms with Gasteiger partial charge in [-0.1, -0.05) is 19.3 Å². The Morgan fingerprint density at radius 1 is 1.12 bits per heavy atom. The van der Waals surface area contributed by atoms with Crippen LogP contribution < -0.4 is 11.2 Å². The van der Waals surface area contributed by atoms with Crippen LogP contribution in [0.3, 0.4) is 0 Å². The average Bonchev–Trinajstić information content (AvgIpc) is 2.92. The Balaban J connectivity index is 1.74. The first kappa shape index (κ1) is 16.8. The number of hydrogen-bond acceptors (Lipinski definition) is 4. The van der Waals surface area contributed by atoms with E-state index in [9.17, 15) is 9.59 Å². The molecule has 0 aliphatic heterocycles. The van der Waals surface area contributed by atoms with E-state index in [-0.39, 0.29) is 5.56 Å². The van der Waals surface area contributed by atoms with Crippen LogP contribution in [-0.2, 0) is 13.1 Å². The van der Waals surface area contributed by atoms with Crippen molar-refractivity contribution in [3.8, 4) is 0 Å². The molecule has 130 valence electrons. The number of rotatable bonds is 6. The van der Waals surface area contributed by atoms with E-state index in [1.807, 2.05) is 19.1 Å². The third-order valence-corrected chi connectivity index (χ3v) is 4.63. The second kappa shape index (κ2) is 7.66. The van der Waals surface area contributed by atoms with Crippen molar-refractivity contribution in [1.29, 1.82) is 0 Å². The lowest BCUT2D eigenvalue weighted by Crippen LogP contribution is -2.32. The molecule has 0 amide bonds. The zero-order valence-corrected chi connectivity index (χ0v) is 14.1. The summed E-state index contributed by atoms with van der Waals surface area (Å²) in [7, 11) is 0. The molecule has 24 heavy (non-hydrogen) atoms. The summed E-state index contributed by atoms with van der Waals surface area (Å²) in [5.41, 5.74) is -0.174. The van der Waals surface area contributed by atoms with Gasteiger partial charge in [0, 0.05) is 24.8 Å². The van der Waals surface area contributed by atoms with Crippen LogP contribution in [0.2, 0.25) is 0 Å². The number of furan rings is 1. The van der Waals surface area contributed by atoms with Gasteiger partial charge in [-0.05, 0) is 37.8 Å². The highest BCUT2D eigenvalue weighted by Gasteiger charge is 2.19. The first-order valence-corrected chi connectivity index (χ1v) is 8.69. The van der Waals surface area contributed by atoms with Crippen molar-refractivity contribution >= 4 is 0 Å². The molecule has 3 rings (SSSR count). The summed E-state index contributed by atoms with van der Waals surface area (Å²) >= 11 is 0. The van der Waals surface area contributed by atoms with E-state index in [2.05, 4.69) is 14.9 Å². The molecule has 0 atom stereocenters. The lowest BCUT2D eigenvalue weighted by Gasteiger charge is -2.29. The highest BCUT2D eigenvalue weighted by atomic mass is 16.3. The van der Waals surface area contributed by atoms with E-state index in [1.54, 1.807) is 0 Å². The molecule has 0 unspecified atom stereocenters. The van der Waals surface area contributed by atoms with Gasteiger partial charge in [0.05, 0.1) is 6.54 Å². The summed E-state index contributed by atoms with van der Waals surface area (Å²) in [5.74, 6) is 2.48. The minimum atomic E-state index is -0.455. The number of nitrogens with zero attached hydrogens (tertiary/aromatic N) is 1. The van der Waals surface area contributed by atoms with Crippen LogP contribution in [-0.4, -0.2) is 21.4 Å². The maximum absolute atomic E-state index is 11.5. The van der Waals surface area contributed by atoms with E-state index in [0.29, 0.717) is 24.7 Å². The first-order chi connectivity index (χ1) is 11.6. The Kier molecular flexibility index (Phi) is 5.35. The molecule has 1 saturated carbocycles. The maximum atomic E-state index is 11.5. The molecule has 6 heteroatoms. The van der Waals surface area contributed by atoms with Crippen molar-refractivity contribution in [3.05, 3.63) is 56.3 Å². The second-order valence-electron chi connectivity index (χ2n) is 6.80.